The zero-order chi connectivity index (χ0) is 31.6. The molecule has 0 fully saturated rings. The number of aromatic nitrogens is 4. The van der Waals surface area contributed by atoms with E-state index in [0.717, 1.165) is 76.8 Å². The maximum atomic E-state index is 6.76. The van der Waals surface area contributed by atoms with Gasteiger partial charge in [0.15, 0.2) is 17.2 Å². The SMILES string of the molecule is c1ccc(-c2ccc(-c3nc(-c4ccccc4)nc(-n4c5ccccc5c5c6ccccc6c6c7ccccc7oc6c54)n3)cc2)cc1. The average Bonchev–Trinajstić information content (AvgIpc) is 3.73. The second-order valence-corrected chi connectivity index (χ2v) is 12.0. The van der Waals surface area contributed by atoms with Gasteiger partial charge in [0.05, 0.1) is 5.52 Å². The predicted octanol–water partition coefficient (Wildman–Crippen LogP) is 11.0. The van der Waals surface area contributed by atoms with Gasteiger partial charge in [-0.1, -0.05) is 146 Å². The Bertz CT molecular complexity index is 2820. The summed E-state index contributed by atoms with van der Waals surface area (Å²) in [6.07, 6.45) is 0. The van der Waals surface area contributed by atoms with Crippen molar-refractivity contribution in [1.82, 2.24) is 19.5 Å². The van der Waals surface area contributed by atoms with Crippen LogP contribution in [0.2, 0.25) is 0 Å². The van der Waals surface area contributed by atoms with E-state index in [0.29, 0.717) is 17.6 Å². The van der Waals surface area contributed by atoms with Crippen molar-refractivity contribution in [1.29, 1.82) is 0 Å². The van der Waals surface area contributed by atoms with Crippen LogP contribution in [0.25, 0.3) is 94.4 Å². The molecule has 0 saturated carbocycles. The minimum Gasteiger partial charge on any atom is -0.454 e. The maximum Gasteiger partial charge on any atom is 0.238 e. The Labute approximate surface area is 275 Å². The van der Waals surface area contributed by atoms with Gasteiger partial charge in [-0.2, -0.15) is 9.97 Å². The molecule has 0 unspecified atom stereocenters. The molecule has 0 N–H and O–H groups in total. The highest BCUT2D eigenvalue weighted by Crippen LogP contribution is 2.45. The Balaban J connectivity index is 1.31. The second-order valence-electron chi connectivity index (χ2n) is 12.0. The number of para-hydroxylation sites is 2. The van der Waals surface area contributed by atoms with Crippen LogP contribution in [0.3, 0.4) is 0 Å². The van der Waals surface area contributed by atoms with Crippen LogP contribution < -0.4 is 0 Å². The average molecular weight is 615 g/mol. The summed E-state index contributed by atoms with van der Waals surface area (Å²) in [6, 6.07) is 54.3. The highest BCUT2D eigenvalue weighted by atomic mass is 16.3. The lowest BCUT2D eigenvalue weighted by atomic mass is 9.99. The Kier molecular flexibility index (Phi) is 5.81. The standard InChI is InChI=1S/C43H26N4O/c1-3-13-27(14-4-1)28-23-25-30(26-24-28)42-44-41(29-15-5-2-6-16-29)45-43(46-42)47-35-21-11-9-19-33(35)37-31-17-7-8-18-32(31)38-34-20-10-12-22-36(34)48-40(38)39(37)47/h1-26H. The van der Waals surface area contributed by atoms with Crippen LogP contribution >= 0.6 is 0 Å². The highest BCUT2D eigenvalue weighted by molar-refractivity contribution is 6.34. The Morgan fingerprint density at radius 2 is 0.896 bits per heavy atom. The van der Waals surface area contributed by atoms with Crippen molar-refractivity contribution in [2.45, 2.75) is 0 Å². The van der Waals surface area contributed by atoms with Crippen molar-refractivity contribution >= 4 is 54.5 Å². The molecule has 5 nitrogen and oxygen atoms in total. The topological polar surface area (TPSA) is 56.7 Å². The molecule has 3 heterocycles. The summed E-state index contributed by atoms with van der Waals surface area (Å²) < 4.78 is 8.92. The van der Waals surface area contributed by atoms with Crippen LogP contribution in [0.5, 0.6) is 0 Å². The zero-order valence-electron chi connectivity index (χ0n) is 25.7. The molecular formula is C43H26N4O. The van der Waals surface area contributed by atoms with Crippen molar-refractivity contribution in [3.05, 3.63) is 158 Å². The summed E-state index contributed by atoms with van der Waals surface area (Å²) >= 11 is 0. The molecule has 10 rings (SSSR count). The molecule has 0 radical (unpaired) electrons. The van der Waals surface area contributed by atoms with Crippen molar-refractivity contribution in [2.75, 3.05) is 0 Å². The molecule has 0 aliphatic heterocycles. The molecule has 10 aromatic rings. The van der Waals surface area contributed by atoms with Crippen LogP contribution in [-0.4, -0.2) is 19.5 Å². The Morgan fingerprint density at radius 3 is 1.60 bits per heavy atom. The first-order valence-corrected chi connectivity index (χ1v) is 16.0. The van der Waals surface area contributed by atoms with Gasteiger partial charge in [-0.3, -0.25) is 4.57 Å². The third kappa shape index (κ3) is 4.01. The summed E-state index contributed by atoms with van der Waals surface area (Å²) in [5, 5.41) is 6.72. The van der Waals surface area contributed by atoms with E-state index in [4.69, 9.17) is 19.4 Å². The largest absolute Gasteiger partial charge is 0.454 e. The van der Waals surface area contributed by atoms with Crippen molar-refractivity contribution < 1.29 is 4.42 Å². The molecule has 0 bridgehead atoms. The number of nitrogens with zero attached hydrogens (tertiary/aromatic N) is 4. The molecular weight excluding hydrogens is 589 g/mol. The fraction of sp³-hybridized carbons (Fsp3) is 0. The van der Waals surface area contributed by atoms with Crippen LogP contribution in [0.4, 0.5) is 0 Å². The highest BCUT2D eigenvalue weighted by Gasteiger charge is 2.24. The fourth-order valence-electron chi connectivity index (χ4n) is 7.09. The van der Waals surface area contributed by atoms with Crippen molar-refractivity contribution in [3.63, 3.8) is 0 Å². The lowest BCUT2D eigenvalue weighted by Crippen LogP contribution is -2.06. The molecule has 0 aliphatic carbocycles. The van der Waals surface area contributed by atoms with Gasteiger partial charge in [-0.25, -0.2) is 4.98 Å². The lowest BCUT2D eigenvalue weighted by molar-refractivity contribution is 0.671. The number of benzene rings is 7. The maximum absolute atomic E-state index is 6.76. The number of hydrogen-bond donors (Lipinski definition) is 0. The first kappa shape index (κ1) is 26.6. The van der Waals surface area contributed by atoms with Crippen molar-refractivity contribution in [2.24, 2.45) is 0 Å². The van der Waals surface area contributed by atoms with Crippen LogP contribution in [0.1, 0.15) is 0 Å². The van der Waals surface area contributed by atoms with Gasteiger partial charge < -0.3 is 4.42 Å². The fourth-order valence-corrected chi connectivity index (χ4v) is 7.09. The quantitative estimate of drug-likeness (QED) is 0.198. The van der Waals surface area contributed by atoms with E-state index in [2.05, 4.69) is 114 Å². The molecule has 0 spiro atoms. The lowest BCUT2D eigenvalue weighted by Gasteiger charge is -2.12. The monoisotopic (exact) mass is 614 g/mol. The van der Waals surface area contributed by atoms with Gasteiger partial charge in [0, 0.05) is 32.7 Å². The number of rotatable bonds is 4. The first-order valence-electron chi connectivity index (χ1n) is 16.0. The summed E-state index contributed by atoms with van der Waals surface area (Å²) in [5.41, 5.74) is 7.74. The Hall–Kier alpha value is -6.59. The van der Waals surface area contributed by atoms with Gasteiger partial charge in [0.25, 0.3) is 0 Å². The third-order valence-electron chi connectivity index (χ3n) is 9.26. The van der Waals surface area contributed by atoms with Gasteiger partial charge >= 0.3 is 0 Å². The molecule has 224 valence electrons. The normalized spacial score (nSPS) is 11.8. The van der Waals surface area contributed by atoms with Gasteiger partial charge in [-0.05, 0) is 34.0 Å². The summed E-state index contributed by atoms with van der Waals surface area (Å²) in [6.45, 7) is 0. The summed E-state index contributed by atoms with van der Waals surface area (Å²) in [4.78, 5) is 15.4. The van der Waals surface area contributed by atoms with E-state index < -0.39 is 0 Å². The van der Waals surface area contributed by atoms with Crippen LogP contribution in [0.15, 0.2) is 162 Å². The van der Waals surface area contributed by atoms with Gasteiger partial charge in [0.1, 0.15) is 11.1 Å². The summed E-state index contributed by atoms with van der Waals surface area (Å²) in [5.74, 6) is 1.75. The van der Waals surface area contributed by atoms with Crippen molar-refractivity contribution in [3.8, 4) is 39.9 Å². The minimum absolute atomic E-state index is 0.536. The van der Waals surface area contributed by atoms with E-state index in [9.17, 15) is 0 Å². The van der Waals surface area contributed by atoms with E-state index in [1.54, 1.807) is 0 Å². The Morgan fingerprint density at radius 1 is 0.396 bits per heavy atom. The van der Waals surface area contributed by atoms with E-state index in [1.807, 2.05) is 48.5 Å². The van der Waals surface area contributed by atoms with E-state index in [-0.39, 0.29) is 0 Å². The first-order chi connectivity index (χ1) is 23.8. The zero-order valence-corrected chi connectivity index (χ0v) is 25.7. The molecule has 5 heteroatoms. The van der Waals surface area contributed by atoms with Gasteiger partial charge in [-0.15, -0.1) is 0 Å². The number of hydrogen-bond acceptors (Lipinski definition) is 4. The number of fused-ring (bicyclic) bond motifs is 10. The molecule has 0 saturated heterocycles. The minimum atomic E-state index is 0.536. The molecule has 48 heavy (non-hydrogen) atoms. The summed E-state index contributed by atoms with van der Waals surface area (Å²) in [7, 11) is 0. The number of furan rings is 1. The van der Waals surface area contributed by atoms with Crippen LogP contribution in [0, 0.1) is 0 Å². The molecule has 7 aromatic carbocycles. The smallest absolute Gasteiger partial charge is 0.238 e. The molecule has 0 atom stereocenters. The molecule has 3 aromatic heterocycles. The molecule has 0 aliphatic rings. The van der Waals surface area contributed by atoms with E-state index >= 15 is 0 Å². The van der Waals surface area contributed by atoms with Gasteiger partial charge in [0.2, 0.25) is 5.95 Å². The second kappa shape index (κ2) is 10.5. The van der Waals surface area contributed by atoms with Crippen LogP contribution in [-0.2, 0) is 0 Å². The third-order valence-corrected chi connectivity index (χ3v) is 9.26. The molecule has 0 amide bonds. The van der Waals surface area contributed by atoms with E-state index in [1.165, 1.54) is 0 Å². The predicted molar refractivity (Wildman–Crippen MR) is 195 cm³/mol.